The second-order valence-electron chi connectivity index (χ2n) is 2.51. The molecule has 0 aliphatic rings. The zero-order valence-corrected chi connectivity index (χ0v) is 7.13. The van der Waals surface area contributed by atoms with Gasteiger partial charge >= 0.3 is 0 Å². The van der Waals surface area contributed by atoms with Crippen molar-refractivity contribution < 1.29 is 0 Å². The second-order valence-corrected chi connectivity index (χ2v) is 2.51. The highest BCUT2D eigenvalue weighted by molar-refractivity contribution is 5.41. The van der Waals surface area contributed by atoms with Gasteiger partial charge in [0.25, 0.3) is 0 Å². The number of hydrogen-bond acceptors (Lipinski definition) is 2. The number of rotatable bonds is 1. The molecule has 1 aromatic heterocycles. The van der Waals surface area contributed by atoms with Crippen LogP contribution >= 0.6 is 0 Å². The Balaban J connectivity index is 3.13. The van der Waals surface area contributed by atoms with Gasteiger partial charge in [0, 0.05) is 6.20 Å². The number of aryl methyl sites for hydroxylation is 2. The van der Waals surface area contributed by atoms with Gasteiger partial charge in [-0.05, 0) is 26.8 Å². The van der Waals surface area contributed by atoms with Gasteiger partial charge < -0.3 is 5.73 Å². The normalized spacial score (nSPS) is 12.1. The Morgan fingerprint density at radius 1 is 1.64 bits per heavy atom. The van der Waals surface area contributed by atoms with Gasteiger partial charge in [0.05, 0.1) is 5.69 Å². The first-order valence-electron chi connectivity index (χ1n) is 3.60. The molecule has 0 bridgehead atoms. The van der Waals surface area contributed by atoms with Crippen molar-refractivity contribution in [1.29, 1.82) is 0 Å². The highest BCUT2D eigenvalue weighted by Crippen LogP contribution is 2.04. The van der Waals surface area contributed by atoms with Gasteiger partial charge in [-0.25, -0.2) is 4.98 Å². The van der Waals surface area contributed by atoms with E-state index in [2.05, 4.69) is 4.98 Å². The van der Waals surface area contributed by atoms with Crippen LogP contribution in [0.3, 0.4) is 0 Å². The molecule has 1 aromatic rings. The first-order chi connectivity index (χ1) is 5.15. The first kappa shape index (κ1) is 7.85. The molecule has 0 unspecified atom stereocenters. The monoisotopic (exact) mass is 151 g/mol. The Morgan fingerprint density at radius 3 is 2.64 bits per heavy atom. The van der Waals surface area contributed by atoms with Crippen molar-refractivity contribution in [3.63, 3.8) is 0 Å². The van der Waals surface area contributed by atoms with Crippen molar-refractivity contribution in [1.82, 2.24) is 9.55 Å². The van der Waals surface area contributed by atoms with Crippen LogP contribution in [0.4, 0.5) is 0 Å². The summed E-state index contributed by atoms with van der Waals surface area (Å²) in [5.41, 5.74) is 6.69. The summed E-state index contributed by atoms with van der Waals surface area (Å²) in [6, 6.07) is 0. The largest absolute Gasteiger partial charge is 0.385 e. The Bertz CT molecular complexity index is 284. The number of allylic oxidation sites excluding steroid dienone is 1. The molecule has 2 N–H and O–H groups in total. The van der Waals surface area contributed by atoms with Crippen molar-refractivity contribution >= 4 is 5.82 Å². The lowest BCUT2D eigenvalue weighted by molar-refractivity contribution is 0.976. The zero-order chi connectivity index (χ0) is 8.43. The third-order valence-corrected chi connectivity index (χ3v) is 1.58. The molecule has 0 amide bonds. The zero-order valence-electron chi connectivity index (χ0n) is 7.13. The lowest BCUT2D eigenvalue weighted by Gasteiger charge is -2.01. The summed E-state index contributed by atoms with van der Waals surface area (Å²) in [5, 5.41) is 0. The summed E-state index contributed by atoms with van der Waals surface area (Å²) in [5.74, 6) is 1.65. The summed E-state index contributed by atoms with van der Waals surface area (Å²) in [7, 11) is 0. The molecule has 0 aromatic carbocycles. The number of aromatic nitrogens is 2. The molecule has 0 aliphatic carbocycles. The van der Waals surface area contributed by atoms with E-state index in [1.807, 2.05) is 37.6 Å². The van der Waals surface area contributed by atoms with E-state index < -0.39 is 0 Å². The third-order valence-electron chi connectivity index (χ3n) is 1.58. The predicted octanol–water partition coefficient (Wildman–Crippen LogP) is 1.28. The van der Waals surface area contributed by atoms with Crippen LogP contribution in [0.5, 0.6) is 0 Å². The minimum absolute atomic E-state index is 0.725. The number of hydrogen-bond donors (Lipinski definition) is 1. The highest BCUT2D eigenvalue weighted by atomic mass is 15.1. The molecule has 0 saturated carbocycles. The van der Waals surface area contributed by atoms with Gasteiger partial charge in [0.15, 0.2) is 0 Å². The van der Waals surface area contributed by atoms with Gasteiger partial charge in [-0.15, -0.1) is 0 Å². The Labute approximate surface area is 66.5 Å². The standard InChI is InChI=1S/C8H13N3/c1-4-8(9)11-5-6(2)10-7(11)3/h4-5H,9H2,1-3H3. The van der Waals surface area contributed by atoms with Crippen LogP contribution in [0.1, 0.15) is 18.4 Å². The Morgan fingerprint density at radius 2 is 2.27 bits per heavy atom. The summed E-state index contributed by atoms with van der Waals surface area (Å²) < 4.78 is 1.87. The summed E-state index contributed by atoms with van der Waals surface area (Å²) >= 11 is 0. The second kappa shape index (κ2) is 2.78. The fraction of sp³-hybridized carbons (Fsp3) is 0.375. The molecule has 60 valence electrons. The number of nitrogens with zero attached hydrogens (tertiary/aromatic N) is 2. The molecule has 0 spiro atoms. The van der Waals surface area contributed by atoms with Crippen molar-refractivity contribution in [3.8, 4) is 0 Å². The first-order valence-corrected chi connectivity index (χ1v) is 3.60. The van der Waals surface area contributed by atoms with E-state index in [1.54, 1.807) is 0 Å². The molecule has 0 saturated heterocycles. The van der Waals surface area contributed by atoms with E-state index in [0.717, 1.165) is 17.3 Å². The van der Waals surface area contributed by atoms with Crippen LogP contribution in [0.15, 0.2) is 12.3 Å². The van der Waals surface area contributed by atoms with E-state index in [0.29, 0.717) is 0 Å². The van der Waals surface area contributed by atoms with Gasteiger partial charge in [0.2, 0.25) is 0 Å². The van der Waals surface area contributed by atoms with Crippen molar-refractivity contribution in [3.05, 3.63) is 23.8 Å². The lowest BCUT2D eigenvalue weighted by atomic mass is 10.5. The average Bonchev–Trinajstić information content (AvgIpc) is 2.28. The third kappa shape index (κ3) is 1.42. The topological polar surface area (TPSA) is 43.8 Å². The predicted molar refractivity (Wildman–Crippen MR) is 45.8 cm³/mol. The van der Waals surface area contributed by atoms with Gasteiger partial charge in [-0.3, -0.25) is 4.57 Å². The van der Waals surface area contributed by atoms with Crippen LogP contribution in [0.25, 0.3) is 5.82 Å². The summed E-state index contributed by atoms with van der Waals surface area (Å²) in [6.45, 7) is 5.79. The Hall–Kier alpha value is -1.25. The molecule has 0 fully saturated rings. The maximum atomic E-state index is 5.69. The molecular formula is C8H13N3. The summed E-state index contributed by atoms with van der Waals surface area (Å²) in [6.07, 6.45) is 3.78. The van der Waals surface area contributed by atoms with E-state index in [9.17, 15) is 0 Å². The van der Waals surface area contributed by atoms with E-state index in [1.165, 1.54) is 0 Å². The molecule has 0 radical (unpaired) electrons. The SMILES string of the molecule is CC=C(N)n1cc(C)nc1C. The fourth-order valence-electron chi connectivity index (χ4n) is 1.02. The molecule has 3 heteroatoms. The molecule has 1 rings (SSSR count). The number of imidazole rings is 1. The molecule has 1 heterocycles. The molecule has 3 nitrogen and oxygen atoms in total. The van der Waals surface area contributed by atoms with Crippen LogP contribution in [-0.2, 0) is 0 Å². The average molecular weight is 151 g/mol. The molecular weight excluding hydrogens is 138 g/mol. The van der Waals surface area contributed by atoms with Crippen molar-refractivity contribution in [2.45, 2.75) is 20.8 Å². The quantitative estimate of drug-likeness (QED) is 0.657. The Kier molecular flexibility index (Phi) is 1.98. The highest BCUT2D eigenvalue weighted by Gasteiger charge is 2.00. The van der Waals surface area contributed by atoms with E-state index in [4.69, 9.17) is 5.73 Å². The van der Waals surface area contributed by atoms with Crippen LogP contribution in [0, 0.1) is 13.8 Å². The molecule has 11 heavy (non-hydrogen) atoms. The minimum Gasteiger partial charge on any atom is -0.385 e. The fourth-order valence-corrected chi connectivity index (χ4v) is 1.02. The van der Waals surface area contributed by atoms with Crippen molar-refractivity contribution in [2.24, 2.45) is 5.73 Å². The van der Waals surface area contributed by atoms with E-state index >= 15 is 0 Å². The minimum atomic E-state index is 0.725. The van der Waals surface area contributed by atoms with Gasteiger partial charge in [-0.1, -0.05) is 0 Å². The maximum Gasteiger partial charge on any atom is 0.111 e. The van der Waals surface area contributed by atoms with Crippen LogP contribution < -0.4 is 5.73 Å². The van der Waals surface area contributed by atoms with Gasteiger partial charge in [-0.2, -0.15) is 0 Å². The lowest BCUT2D eigenvalue weighted by Crippen LogP contribution is -2.06. The van der Waals surface area contributed by atoms with Gasteiger partial charge in [0.1, 0.15) is 11.6 Å². The maximum absolute atomic E-state index is 5.69. The molecule has 0 aliphatic heterocycles. The van der Waals surface area contributed by atoms with Crippen LogP contribution in [-0.4, -0.2) is 9.55 Å². The molecule has 0 atom stereocenters. The summed E-state index contributed by atoms with van der Waals surface area (Å²) in [4.78, 5) is 4.22. The number of nitrogens with two attached hydrogens (primary N) is 1. The smallest absolute Gasteiger partial charge is 0.111 e. The van der Waals surface area contributed by atoms with Crippen LogP contribution in [0.2, 0.25) is 0 Å². The van der Waals surface area contributed by atoms with Crippen molar-refractivity contribution in [2.75, 3.05) is 0 Å². The van der Waals surface area contributed by atoms with E-state index in [-0.39, 0.29) is 0 Å².